The number of halogens is 1. The van der Waals surface area contributed by atoms with Gasteiger partial charge in [0.15, 0.2) is 0 Å². The van der Waals surface area contributed by atoms with Crippen molar-refractivity contribution in [2.75, 3.05) is 0 Å². The minimum atomic E-state index is -0.199. The Kier molecular flexibility index (Phi) is 1.92. The fraction of sp³-hybridized carbons (Fsp3) is 0.111. The number of nitrogens with one attached hydrogen (secondary N) is 1. The van der Waals surface area contributed by atoms with Gasteiger partial charge in [0.2, 0.25) is 4.69 Å². The van der Waals surface area contributed by atoms with Gasteiger partial charge < -0.3 is 5.32 Å². The number of rotatable bonds is 1. The Balaban J connectivity index is 2.54. The third-order valence-electron chi connectivity index (χ3n) is 2.02. The quantitative estimate of drug-likeness (QED) is 0.755. The van der Waals surface area contributed by atoms with Gasteiger partial charge in [-0.2, -0.15) is 0 Å². The number of carbonyl (C=O) groups excluding carboxylic acids is 2. The van der Waals surface area contributed by atoms with E-state index < -0.39 is 0 Å². The lowest BCUT2D eigenvalue weighted by Crippen LogP contribution is -2.12. The van der Waals surface area contributed by atoms with Crippen LogP contribution in [0.4, 0.5) is 0 Å². The number of benzene rings is 1. The summed E-state index contributed by atoms with van der Waals surface area (Å²) in [6.07, 6.45) is 0. The van der Waals surface area contributed by atoms with Crippen molar-refractivity contribution >= 4 is 26.5 Å². The van der Waals surface area contributed by atoms with Crippen molar-refractivity contribution < 1.29 is 9.59 Å². The summed E-state index contributed by atoms with van der Waals surface area (Å²) in [5.74, 6) is -0.106. The van der Waals surface area contributed by atoms with Gasteiger partial charge >= 0.3 is 0 Å². The molecule has 1 aliphatic rings. The molecule has 0 saturated heterocycles. The van der Waals surface area contributed by atoms with E-state index in [0.717, 1.165) is 5.56 Å². The second-order valence-electron chi connectivity index (χ2n) is 2.83. The van der Waals surface area contributed by atoms with Crippen LogP contribution in [0, 0.1) is 0 Å². The van der Waals surface area contributed by atoms with Crippen LogP contribution < -0.4 is 5.32 Å². The second-order valence-corrected chi connectivity index (χ2v) is 3.55. The van der Waals surface area contributed by atoms with Crippen LogP contribution in [0.25, 0.3) is 0 Å². The minimum Gasteiger partial charge on any atom is -0.348 e. The van der Waals surface area contributed by atoms with E-state index in [0.29, 0.717) is 17.7 Å². The van der Waals surface area contributed by atoms with Gasteiger partial charge in [0, 0.05) is 17.7 Å². The zero-order valence-electron chi connectivity index (χ0n) is 6.63. The highest BCUT2D eigenvalue weighted by Gasteiger charge is 2.19. The molecular weight excluding hydrogens is 234 g/mol. The van der Waals surface area contributed by atoms with Crippen LogP contribution in [0.1, 0.15) is 26.3 Å². The molecule has 1 aliphatic heterocycles. The van der Waals surface area contributed by atoms with E-state index in [4.69, 9.17) is 0 Å². The summed E-state index contributed by atoms with van der Waals surface area (Å²) >= 11 is 2.84. The molecule has 66 valence electrons. The first-order valence-electron chi connectivity index (χ1n) is 3.79. The molecule has 3 nitrogen and oxygen atoms in total. The van der Waals surface area contributed by atoms with Gasteiger partial charge in [-0.25, -0.2) is 0 Å². The predicted octanol–water partition coefficient (Wildman–Crippen LogP) is 1.47. The first kappa shape index (κ1) is 8.44. The van der Waals surface area contributed by atoms with E-state index in [1.165, 1.54) is 0 Å². The Morgan fingerprint density at radius 2 is 2.23 bits per heavy atom. The molecule has 1 amide bonds. The smallest absolute Gasteiger partial charge is 0.251 e. The molecule has 0 atom stereocenters. The average molecular weight is 240 g/mol. The summed E-state index contributed by atoms with van der Waals surface area (Å²) in [5, 5.41) is 2.69. The molecule has 1 aromatic carbocycles. The summed E-state index contributed by atoms with van der Waals surface area (Å²) in [7, 11) is 0. The first-order chi connectivity index (χ1) is 6.18. The molecule has 0 aromatic heterocycles. The van der Waals surface area contributed by atoms with E-state index in [1.807, 2.05) is 0 Å². The summed E-state index contributed by atoms with van der Waals surface area (Å²) in [6.45, 7) is 0.560. The van der Waals surface area contributed by atoms with E-state index in [9.17, 15) is 9.59 Å². The Bertz CT molecular complexity index is 401. The molecule has 0 spiro atoms. The Hall–Kier alpha value is -1.16. The molecule has 13 heavy (non-hydrogen) atoms. The molecule has 1 heterocycles. The highest BCUT2D eigenvalue weighted by Crippen LogP contribution is 2.18. The van der Waals surface area contributed by atoms with Crippen molar-refractivity contribution in [3.05, 3.63) is 34.9 Å². The summed E-state index contributed by atoms with van der Waals surface area (Å²) in [6, 6.07) is 5.10. The maximum Gasteiger partial charge on any atom is 0.251 e. The maximum atomic E-state index is 11.2. The number of carbonyl (C=O) groups is 2. The third-order valence-corrected chi connectivity index (χ3v) is 2.48. The van der Waals surface area contributed by atoms with Gasteiger partial charge in [0.25, 0.3) is 5.91 Å². The van der Waals surface area contributed by atoms with Gasteiger partial charge in [-0.05, 0) is 27.6 Å². The van der Waals surface area contributed by atoms with Crippen LogP contribution in [0.15, 0.2) is 18.2 Å². The zero-order valence-corrected chi connectivity index (χ0v) is 8.22. The fourth-order valence-corrected chi connectivity index (χ4v) is 1.58. The predicted molar refractivity (Wildman–Crippen MR) is 50.9 cm³/mol. The molecule has 4 heteroatoms. The van der Waals surface area contributed by atoms with Crippen molar-refractivity contribution in [1.82, 2.24) is 5.32 Å². The lowest BCUT2D eigenvalue weighted by Gasteiger charge is -1.97. The van der Waals surface area contributed by atoms with E-state index in [2.05, 4.69) is 21.2 Å². The van der Waals surface area contributed by atoms with Crippen LogP contribution in [0.3, 0.4) is 0 Å². The second kappa shape index (κ2) is 2.96. The molecule has 2 rings (SSSR count). The van der Waals surface area contributed by atoms with Gasteiger partial charge in [-0.15, -0.1) is 0 Å². The lowest BCUT2D eigenvalue weighted by atomic mass is 10.1. The van der Waals surface area contributed by atoms with Crippen molar-refractivity contribution in [2.24, 2.45) is 0 Å². The lowest BCUT2D eigenvalue weighted by molar-refractivity contribution is 0.0965. The van der Waals surface area contributed by atoms with E-state index in [-0.39, 0.29) is 10.6 Å². The van der Waals surface area contributed by atoms with Crippen molar-refractivity contribution in [1.29, 1.82) is 0 Å². The Morgan fingerprint density at radius 1 is 1.46 bits per heavy atom. The molecule has 0 radical (unpaired) electrons. The van der Waals surface area contributed by atoms with Crippen molar-refractivity contribution in [2.45, 2.75) is 6.54 Å². The number of amides is 1. The van der Waals surface area contributed by atoms with Gasteiger partial charge in [-0.3, -0.25) is 9.59 Å². The molecular formula is C9H6BrNO2. The minimum absolute atomic E-state index is 0.106. The molecule has 0 aliphatic carbocycles. The third kappa shape index (κ3) is 1.37. The van der Waals surface area contributed by atoms with Gasteiger partial charge in [0.05, 0.1) is 0 Å². The van der Waals surface area contributed by atoms with Crippen molar-refractivity contribution in [3.8, 4) is 0 Å². The SMILES string of the molecule is O=C(Br)c1ccc2c(c1)C(=O)NC2. The molecule has 0 unspecified atom stereocenters. The van der Waals surface area contributed by atoms with Gasteiger partial charge in [0.1, 0.15) is 0 Å². The number of fused-ring (bicyclic) bond motifs is 1. The number of hydrogen-bond acceptors (Lipinski definition) is 2. The van der Waals surface area contributed by atoms with Crippen LogP contribution in [-0.4, -0.2) is 10.6 Å². The van der Waals surface area contributed by atoms with Crippen molar-refractivity contribution in [3.63, 3.8) is 0 Å². The fourth-order valence-electron chi connectivity index (χ4n) is 1.33. The Morgan fingerprint density at radius 3 is 2.92 bits per heavy atom. The zero-order chi connectivity index (χ0) is 9.42. The summed E-state index contributed by atoms with van der Waals surface area (Å²) < 4.78 is -0.199. The number of hydrogen-bond donors (Lipinski definition) is 1. The highest BCUT2D eigenvalue weighted by molar-refractivity contribution is 9.18. The molecule has 0 fully saturated rings. The average Bonchev–Trinajstić information content (AvgIpc) is 2.47. The van der Waals surface area contributed by atoms with Gasteiger partial charge in [-0.1, -0.05) is 12.1 Å². The standard InChI is InChI=1S/C9H6BrNO2/c10-8(12)5-1-2-6-4-11-9(13)7(6)3-5/h1-3H,4H2,(H,11,13). The largest absolute Gasteiger partial charge is 0.348 e. The highest BCUT2D eigenvalue weighted by atomic mass is 79.9. The maximum absolute atomic E-state index is 11.2. The summed E-state index contributed by atoms with van der Waals surface area (Å²) in [4.78, 5) is 22.1. The van der Waals surface area contributed by atoms with Crippen LogP contribution in [-0.2, 0) is 6.54 Å². The summed E-state index contributed by atoms with van der Waals surface area (Å²) in [5.41, 5.74) is 2.06. The normalized spacial score (nSPS) is 13.8. The molecule has 0 saturated carbocycles. The van der Waals surface area contributed by atoms with Crippen LogP contribution >= 0.6 is 15.9 Å². The first-order valence-corrected chi connectivity index (χ1v) is 4.59. The van der Waals surface area contributed by atoms with E-state index in [1.54, 1.807) is 18.2 Å². The van der Waals surface area contributed by atoms with Crippen LogP contribution in [0.2, 0.25) is 0 Å². The van der Waals surface area contributed by atoms with Crippen LogP contribution in [0.5, 0.6) is 0 Å². The monoisotopic (exact) mass is 239 g/mol. The molecule has 1 aromatic rings. The molecule has 1 N–H and O–H groups in total. The topological polar surface area (TPSA) is 46.2 Å². The Labute approximate surface area is 83.3 Å². The molecule has 0 bridgehead atoms. The van der Waals surface area contributed by atoms with E-state index >= 15 is 0 Å².